The molecule has 1 aliphatic heterocycles. The van der Waals surface area contributed by atoms with Gasteiger partial charge in [-0.2, -0.15) is 18.3 Å². The first-order valence-corrected chi connectivity index (χ1v) is 8.05. The molecule has 25 heavy (non-hydrogen) atoms. The Bertz CT molecular complexity index is 724. The van der Waals surface area contributed by atoms with Crippen molar-refractivity contribution in [3.8, 4) is 0 Å². The lowest BCUT2D eigenvalue weighted by Crippen LogP contribution is -2.40. The molecule has 0 saturated carbocycles. The summed E-state index contributed by atoms with van der Waals surface area (Å²) in [5, 5.41) is 3.95. The number of likely N-dealkylation sites (tertiary alicyclic amines) is 1. The SMILES string of the molecule is Cn1cc(C(F)(F)F)nc1[C@H]1CCCN(C(=O)CCn2cncn2)C1. The molecule has 1 saturated heterocycles. The number of rotatable bonds is 4. The van der Waals surface area contributed by atoms with E-state index in [1.165, 1.54) is 10.9 Å². The third-order valence-corrected chi connectivity index (χ3v) is 4.36. The van der Waals surface area contributed by atoms with Gasteiger partial charge in [-0.1, -0.05) is 0 Å². The van der Waals surface area contributed by atoms with Crippen molar-refractivity contribution in [3.63, 3.8) is 0 Å². The van der Waals surface area contributed by atoms with E-state index in [-0.39, 0.29) is 18.2 Å². The number of hydrogen-bond acceptors (Lipinski definition) is 4. The molecular weight excluding hydrogens is 337 g/mol. The van der Waals surface area contributed by atoms with Crippen molar-refractivity contribution in [3.05, 3.63) is 30.4 Å². The molecule has 7 nitrogen and oxygen atoms in total. The Morgan fingerprint density at radius 2 is 2.20 bits per heavy atom. The van der Waals surface area contributed by atoms with Gasteiger partial charge < -0.3 is 9.47 Å². The molecule has 2 aromatic rings. The highest BCUT2D eigenvalue weighted by atomic mass is 19.4. The Morgan fingerprint density at radius 1 is 1.40 bits per heavy atom. The standard InChI is InChI=1S/C15H19F3N6O/c1-22-8-12(15(16,17)18)21-14(22)11-3-2-5-23(7-11)13(25)4-6-24-10-19-9-20-24/h8-11H,2-7H2,1H3/t11-/m0/s1. The van der Waals surface area contributed by atoms with E-state index < -0.39 is 11.9 Å². The Hall–Kier alpha value is -2.39. The molecule has 1 aliphatic rings. The zero-order valence-electron chi connectivity index (χ0n) is 13.8. The van der Waals surface area contributed by atoms with Crippen LogP contribution in [0.1, 0.15) is 36.7 Å². The summed E-state index contributed by atoms with van der Waals surface area (Å²) in [4.78, 5) is 21.7. The van der Waals surface area contributed by atoms with Gasteiger partial charge in [-0.3, -0.25) is 9.48 Å². The van der Waals surface area contributed by atoms with E-state index in [0.29, 0.717) is 25.5 Å². The van der Waals surface area contributed by atoms with Crippen LogP contribution < -0.4 is 0 Å². The van der Waals surface area contributed by atoms with Crippen molar-refractivity contribution >= 4 is 5.91 Å². The van der Waals surface area contributed by atoms with Gasteiger partial charge in [-0.05, 0) is 12.8 Å². The highest BCUT2D eigenvalue weighted by molar-refractivity contribution is 5.76. The summed E-state index contributed by atoms with van der Waals surface area (Å²) < 4.78 is 41.5. The third kappa shape index (κ3) is 3.99. The monoisotopic (exact) mass is 356 g/mol. The minimum absolute atomic E-state index is 0.0366. The second-order valence-corrected chi connectivity index (χ2v) is 6.18. The van der Waals surface area contributed by atoms with Crippen LogP contribution in [-0.2, 0) is 24.6 Å². The molecule has 0 bridgehead atoms. The van der Waals surface area contributed by atoms with E-state index in [1.807, 2.05) is 0 Å². The van der Waals surface area contributed by atoms with Crippen LogP contribution >= 0.6 is 0 Å². The van der Waals surface area contributed by atoms with Crippen LogP contribution in [0.5, 0.6) is 0 Å². The second-order valence-electron chi connectivity index (χ2n) is 6.18. The van der Waals surface area contributed by atoms with Gasteiger partial charge in [0.05, 0.1) is 6.54 Å². The van der Waals surface area contributed by atoms with E-state index >= 15 is 0 Å². The van der Waals surface area contributed by atoms with Crippen LogP contribution in [0.15, 0.2) is 18.9 Å². The summed E-state index contributed by atoms with van der Waals surface area (Å²) in [6.07, 6.45) is 1.23. The zero-order valence-corrected chi connectivity index (χ0v) is 13.8. The van der Waals surface area contributed by atoms with E-state index in [0.717, 1.165) is 19.0 Å². The summed E-state index contributed by atoms with van der Waals surface area (Å²) >= 11 is 0. The zero-order chi connectivity index (χ0) is 18.0. The molecule has 2 aromatic heterocycles. The van der Waals surface area contributed by atoms with Crippen molar-refractivity contribution in [2.24, 2.45) is 7.05 Å². The summed E-state index contributed by atoms with van der Waals surface area (Å²) in [5.41, 5.74) is -0.889. The molecule has 3 rings (SSSR count). The summed E-state index contributed by atoms with van der Waals surface area (Å²) in [6, 6.07) is 0. The molecule has 136 valence electrons. The number of hydrogen-bond donors (Lipinski definition) is 0. The minimum Gasteiger partial charge on any atom is -0.342 e. The molecule has 0 N–H and O–H groups in total. The Morgan fingerprint density at radius 3 is 2.84 bits per heavy atom. The Kier molecular flexibility index (Phi) is 4.78. The van der Waals surface area contributed by atoms with Crippen LogP contribution in [0.2, 0.25) is 0 Å². The molecule has 0 radical (unpaired) electrons. The number of aromatic nitrogens is 5. The molecule has 0 unspecified atom stereocenters. The van der Waals surface area contributed by atoms with Crippen LogP contribution in [0, 0.1) is 0 Å². The lowest BCUT2D eigenvalue weighted by molar-refractivity contribution is -0.141. The third-order valence-electron chi connectivity index (χ3n) is 4.36. The van der Waals surface area contributed by atoms with Gasteiger partial charge >= 0.3 is 6.18 Å². The van der Waals surface area contributed by atoms with E-state index in [4.69, 9.17) is 0 Å². The van der Waals surface area contributed by atoms with Crippen molar-refractivity contribution < 1.29 is 18.0 Å². The molecule has 10 heteroatoms. The fraction of sp³-hybridized carbons (Fsp3) is 0.600. The molecule has 1 atom stereocenters. The van der Waals surface area contributed by atoms with Gasteiger partial charge in [0.15, 0.2) is 5.69 Å². The highest BCUT2D eigenvalue weighted by Gasteiger charge is 2.36. The molecule has 0 aromatic carbocycles. The maximum absolute atomic E-state index is 12.8. The summed E-state index contributed by atoms with van der Waals surface area (Å²) in [7, 11) is 1.56. The summed E-state index contributed by atoms with van der Waals surface area (Å²) in [5.74, 6) is 0.150. The van der Waals surface area contributed by atoms with E-state index in [1.54, 1.807) is 23.0 Å². The van der Waals surface area contributed by atoms with Crippen LogP contribution in [-0.4, -0.2) is 48.2 Å². The average molecular weight is 356 g/mol. The van der Waals surface area contributed by atoms with E-state index in [9.17, 15) is 18.0 Å². The number of aryl methyl sites for hydroxylation is 2. The largest absolute Gasteiger partial charge is 0.434 e. The summed E-state index contributed by atoms with van der Waals surface area (Å²) in [6.45, 7) is 1.43. The fourth-order valence-electron chi connectivity index (χ4n) is 3.13. The molecule has 3 heterocycles. The van der Waals surface area contributed by atoms with Gasteiger partial charge in [0.25, 0.3) is 0 Å². The maximum atomic E-state index is 12.8. The van der Waals surface area contributed by atoms with E-state index in [2.05, 4.69) is 15.1 Å². The molecule has 0 spiro atoms. The van der Waals surface area contributed by atoms with Crippen LogP contribution in [0.25, 0.3) is 0 Å². The molecule has 1 fully saturated rings. The first-order valence-electron chi connectivity index (χ1n) is 8.05. The van der Waals surface area contributed by atoms with Gasteiger partial charge in [-0.25, -0.2) is 9.97 Å². The maximum Gasteiger partial charge on any atom is 0.434 e. The predicted octanol–water partition coefficient (Wildman–Crippen LogP) is 1.83. The lowest BCUT2D eigenvalue weighted by atomic mass is 9.97. The molecular formula is C15H19F3N6O. The first kappa shape index (κ1) is 17.4. The Labute approximate surface area is 142 Å². The van der Waals surface area contributed by atoms with Crippen molar-refractivity contribution in [2.45, 2.75) is 37.9 Å². The smallest absolute Gasteiger partial charge is 0.342 e. The topological polar surface area (TPSA) is 68.8 Å². The molecule has 0 aliphatic carbocycles. The van der Waals surface area contributed by atoms with Crippen LogP contribution in [0.3, 0.4) is 0 Å². The number of amides is 1. The Balaban J connectivity index is 1.64. The number of alkyl halides is 3. The predicted molar refractivity (Wildman–Crippen MR) is 81.4 cm³/mol. The number of carbonyl (C=O) groups excluding carboxylic acids is 1. The minimum atomic E-state index is -4.46. The number of imidazole rings is 1. The van der Waals surface area contributed by atoms with Crippen molar-refractivity contribution in [2.75, 3.05) is 13.1 Å². The van der Waals surface area contributed by atoms with Gasteiger partial charge in [0.1, 0.15) is 18.5 Å². The average Bonchev–Trinajstić information content (AvgIpc) is 3.21. The van der Waals surface area contributed by atoms with Gasteiger partial charge in [-0.15, -0.1) is 0 Å². The van der Waals surface area contributed by atoms with Gasteiger partial charge in [0.2, 0.25) is 5.91 Å². The number of piperidine rings is 1. The number of nitrogens with zero attached hydrogens (tertiary/aromatic N) is 6. The molecule has 1 amide bonds. The fourth-order valence-corrected chi connectivity index (χ4v) is 3.13. The number of carbonyl (C=O) groups is 1. The van der Waals surface area contributed by atoms with Crippen LogP contribution in [0.4, 0.5) is 13.2 Å². The van der Waals surface area contributed by atoms with Crippen molar-refractivity contribution in [1.29, 1.82) is 0 Å². The number of halogens is 3. The van der Waals surface area contributed by atoms with Crippen molar-refractivity contribution in [1.82, 2.24) is 29.2 Å². The second kappa shape index (κ2) is 6.85. The van der Waals surface area contributed by atoms with Gasteiger partial charge in [0, 0.05) is 38.7 Å². The lowest BCUT2D eigenvalue weighted by Gasteiger charge is -2.32. The quantitative estimate of drug-likeness (QED) is 0.838. The normalized spacial score (nSPS) is 18.6. The highest BCUT2D eigenvalue weighted by Crippen LogP contribution is 2.32. The first-order chi connectivity index (χ1) is 11.8.